The Morgan fingerprint density at radius 2 is 0.966 bits per heavy atom. The lowest BCUT2D eigenvalue weighted by atomic mass is 9.94. The second-order valence-electron chi connectivity index (χ2n) is 15.3. The Balaban J connectivity index is 0.000000224. The normalized spacial score (nSPS) is 17.0. The number of hydrogen-bond acceptors (Lipinski definition) is 13. The number of aryl methyl sites for hydroxylation is 1. The van der Waals surface area contributed by atoms with Crippen LogP contribution < -0.4 is 20.4 Å². The third-order valence-electron chi connectivity index (χ3n) is 11.1. The molecule has 0 bridgehead atoms. The minimum Gasteiger partial charge on any atom is -0.457 e. The molecule has 0 spiro atoms. The number of hydroxylamine groups is 2. The molecule has 59 heavy (non-hydrogen) atoms. The van der Waals surface area contributed by atoms with Crippen LogP contribution in [0.2, 0.25) is 0 Å². The van der Waals surface area contributed by atoms with Crippen molar-refractivity contribution in [1.29, 1.82) is 0 Å². The maximum absolute atomic E-state index is 13.5. The number of sulfone groups is 2. The van der Waals surface area contributed by atoms with Crippen LogP contribution in [0.5, 0.6) is 23.0 Å². The Labute approximate surface area is 346 Å². The van der Waals surface area contributed by atoms with Gasteiger partial charge in [0.2, 0.25) is 0 Å². The number of aromatic nitrogens is 1. The molecule has 0 radical (unpaired) electrons. The zero-order valence-corrected chi connectivity index (χ0v) is 35.5. The maximum atomic E-state index is 13.5. The Kier molecular flexibility index (Phi) is 14.5. The fourth-order valence-electron chi connectivity index (χ4n) is 7.35. The summed E-state index contributed by atoms with van der Waals surface area (Å²) in [6, 6.07) is 23.4. The molecule has 4 aromatic rings. The van der Waals surface area contributed by atoms with E-state index in [1.807, 2.05) is 58.9 Å². The van der Waals surface area contributed by atoms with Crippen molar-refractivity contribution in [3.63, 3.8) is 0 Å². The number of likely N-dealkylation sites (tertiary alicyclic amines) is 2. The summed E-state index contributed by atoms with van der Waals surface area (Å²) >= 11 is 0. The van der Waals surface area contributed by atoms with Crippen LogP contribution in [0, 0.1) is 6.92 Å². The van der Waals surface area contributed by atoms with Crippen LogP contribution in [0.15, 0.2) is 107 Å². The highest BCUT2D eigenvalue weighted by Gasteiger charge is 2.54. The van der Waals surface area contributed by atoms with E-state index in [0.717, 1.165) is 5.56 Å². The second-order valence-corrected chi connectivity index (χ2v) is 19.8. The van der Waals surface area contributed by atoms with Gasteiger partial charge in [0.05, 0.1) is 16.0 Å². The van der Waals surface area contributed by atoms with Crippen molar-refractivity contribution < 1.29 is 46.3 Å². The minimum atomic E-state index is -4.04. The molecule has 318 valence electrons. The third kappa shape index (κ3) is 9.77. The van der Waals surface area contributed by atoms with Crippen LogP contribution in [0.3, 0.4) is 0 Å². The van der Waals surface area contributed by atoms with Gasteiger partial charge in [-0.25, -0.2) is 27.8 Å². The number of ether oxygens (including phenoxy) is 2. The quantitative estimate of drug-likeness (QED) is 0.0998. The first-order valence-electron chi connectivity index (χ1n) is 19.4. The van der Waals surface area contributed by atoms with Crippen LogP contribution in [0.4, 0.5) is 0 Å². The van der Waals surface area contributed by atoms with E-state index in [9.17, 15) is 36.8 Å². The maximum Gasteiger partial charge on any atom is 0.265 e. The van der Waals surface area contributed by atoms with Gasteiger partial charge in [-0.05, 0) is 133 Å². The van der Waals surface area contributed by atoms with Gasteiger partial charge in [0.25, 0.3) is 11.8 Å². The van der Waals surface area contributed by atoms with Gasteiger partial charge in [-0.2, -0.15) is 0 Å². The first kappa shape index (κ1) is 45.2. The number of pyridine rings is 1. The van der Waals surface area contributed by atoms with Gasteiger partial charge in [0.1, 0.15) is 23.0 Å². The van der Waals surface area contributed by atoms with Crippen molar-refractivity contribution in [2.75, 3.05) is 26.2 Å². The number of benzene rings is 3. The molecule has 3 heterocycles. The standard InChI is InChI=1S/C22H28N2O5S.C20H25N3O5S/c1-16(2)24-14-12-22(13-15-24,21(25)23-26)30(27,28)20-10-8-19(9-11-20)29-18-6-4-17(3)5-7-18;1-15(2)23-12-9-20(10-13-23,19(24)22-25)29(26,27)18-7-5-16(6-8-18)28-17-4-3-11-21-14-17/h4-11,16,26H,12-15H2,1-3H3,(H,23,25);3-8,11,14-15,25H,9-10,12-13H2,1-2H3,(H,22,24). The summed E-state index contributed by atoms with van der Waals surface area (Å²) < 4.78 is 61.7. The van der Waals surface area contributed by atoms with E-state index >= 15 is 0 Å². The van der Waals surface area contributed by atoms with Crippen LogP contribution in [0.1, 0.15) is 58.9 Å². The average Bonchev–Trinajstić information content (AvgIpc) is 3.24. The molecule has 6 rings (SSSR count). The molecule has 2 aliphatic heterocycles. The van der Waals surface area contributed by atoms with Crippen molar-refractivity contribution in [2.45, 2.75) is 91.7 Å². The van der Waals surface area contributed by atoms with E-state index in [2.05, 4.69) is 14.8 Å². The van der Waals surface area contributed by atoms with Crippen molar-refractivity contribution in [3.8, 4) is 23.0 Å². The molecule has 15 nitrogen and oxygen atoms in total. The van der Waals surface area contributed by atoms with E-state index in [1.165, 1.54) is 36.4 Å². The lowest BCUT2D eigenvalue weighted by Gasteiger charge is -2.40. The van der Waals surface area contributed by atoms with Gasteiger partial charge in [-0.3, -0.25) is 25.0 Å². The largest absolute Gasteiger partial charge is 0.457 e. The third-order valence-corrected chi connectivity index (χ3v) is 16.2. The summed E-state index contributed by atoms with van der Waals surface area (Å²) in [4.78, 5) is 33.3. The molecule has 2 aliphatic rings. The number of piperidine rings is 2. The minimum absolute atomic E-state index is 0.0117. The summed E-state index contributed by atoms with van der Waals surface area (Å²) in [5, 5.41) is 18.5. The molecule has 2 amide bonds. The van der Waals surface area contributed by atoms with E-state index < -0.39 is 41.0 Å². The van der Waals surface area contributed by atoms with Crippen molar-refractivity contribution in [1.82, 2.24) is 25.7 Å². The molecule has 0 aliphatic carbocycles. The van der Waals surface area contributed by atoms with Gasteiger partial charge in [0, 0.05) is 44.5 Å². The second kappa shape index (κ2) is 19.0. The fourth-order valence-corrected chi connectivity index (χ4v) is 11.3. The summed E-state index contributed by atoms with van der Waals surface area (Å²) in [7, 11) is -8.07. The van der Waals surface area contributed by atoms with E-state index in [1.54, 1.807) is 47.6 Å². The number of rotatable bonds is 12. The Morgan fingerprint density at radius 3 is 1.29 bits per heavy atom. The monoisotopic (exact) mass is 851 g/mol. The predicted octanol–water partition coefficient (Wildman–Crippen LogP) is 5.71. The number of carbonyl (C=O) groups is 2. The number of nitrogens with one attached hydrogen (secondary N) is 2. The number of hydrogen-bond donors (Lipinski definition) is 4. The zero-order valence-electron chi connectivity index (χ0n) is 33.9. The van der Waals surface area contributed by atoms with Gasteiger partial charge in [-0.15, -0.1) is 0 Å². The highest BCUT2D eigenvalue weighted by atomic mass is 32.2. The smallest absolute Gasteiger partial charge is 0.265 e. The van der Waals surface area contributed by atoms with Crippen LogP contribution in [-0.2, 0) is 29.3 Å². The van der Waals surface area contributed by atoms with Gasteiger partial charge in [-0.1, -0.05) is 17.7 Å². The molecule has 2 saturated heterocycles. The highest BCUT2D eigenvalue weighted by Crippen LogP contribution is 2.39. The molecule has 3 aromatic carbocycles. The molecule has 4 N–H and O–H groups in total. The molecule has 0 saturated carbocycles. The van der Waals surface area contributed by atoms with E-state index in [4.69, 9.17) is 9.47 Å². The highest BCUT2D eigenvalue weighted by molar-refractivity contribution is 7.94. The summed E-state index contributed by atoms with van der Waals surface area (Å²) in [5.41, 5.74) is 4.26. The molecule has 2 fully saturated rings. The molecule has 17 heteroatoms. The molecule has 0 unspecified atom stereocenters. The fraction of sp³-hybridized carbons (Fsp3) is 0.405. The summed E-state index contributed by atoms with van der Waals surface area (Å²) in [6.07, 6.45) is 3.61. The molecule has 1 aromatic heterocycles. The number of carbonyl (C=O) groups excluding carboxylic acids is 2. The first-order chi connectivity index (χ1) is 28.0. The Hall–Kier alpha value is -4.91. The van der Waals surface area contributed by atoms with E-state index in [0.29, 0.717) is 49.2 Å². The topological polar surface area (TPSA) is 205 Å². The molecule has 0 atom stereocenters. The SMILES string of the molecule is CC(C)N1CCC(C(=O)NO)(S(=O)(=O)c2ccc(Oc3cccnc3)cc2)CC1.Cc1ccc(Oc2ccc(S(=O)(=O)C3(C(=O)NO)CCN(C(C)C)CC3)cc2)cc1. The van der Waals surface area contributed by atoms with Crippen LogP contribution >= 0.6 is 0 Å². The molecular weight excluding hydrogens is 799 g/mol. The van der Waals surface area contributed by atoms with Gasteiger partial charge < -0.3 is 19.3 Å². The summed E-state index contributed by atoms with van der Waals surface area (Å²) in [6.45, 7) is 11.9. The lowest BCUT2D eigenvalue weighted by molar-refractivity contribution is -0.134. The zero-order chi connectivity index (χ0) is 43.0. The van der Waals surface area contributed by atoms with Crippen LogP contribution in [-0.4, -0.2) is 102 Å². The number of nitrogens with zero attached hydrogens (tertiary/aromatic N) is 3. The Bertz CT molecular complexity index is 2240. The van der Waals surface area contributed by atoms with Crippen molar-refractivity contribution in [3.05, 3.63) is 103 Å². The van der Waals surface area contributed by atoms with Crippen LogP contribution in [0.25, 0.3) is 0 Å². The lowest BCUT2D eigenvalue weighted by Crippen LogP contribution is -2.58. The molecular formula is C42H53N5O10S2. The summed E-state index contributed by atoms with van der Waals surface area (Å²) in [5.74, 6) is 0.344. The van der Waals surface area contributed by atoms with Gasteiger partial charge in [0.15, 0.2) is 29.2 Å². The van der Waals surface area contributed by atoms with Gasteiger partial charge >= 0.3 is 0 Å². The van der Waals surface area contributed by atoms with Crippen molar-refractivity contribution in [2.24, 2.45) is 0 Å². The average molecular weight is 852 g/mol. The first-order valence-corrected chi connectivity index (χ1v) is 22.4. The van der Waals surface area contributed by atoms with Crippen molar-refractivity contribution >= 4 is 31.5 Å². The van der Waals surface area contributed by atoms with E-state index in [-0.39, 0.29) is 47.6 Å². The number of amides is 2. The Morgan fingerprint density at radius 1 is 0.610 bits per heavy atom. The predicted molar refractivity (Wildman–Crippen MR) is 220 cm³/mol.